The molecule has 1 atom stereocenters. The zero-order chi connectivity index (χ0) is 24.1. The molecule has 34 heavy (non-hydrogen) atoms. The maximum atomic E-state index is 13.8. The van der Waals surface area contributed by atoms with Crippen LogP contribution in [0.15, 0.2) is 65.3 Å². The van der Waals surface area contributed by atoms with Crippen LogP contribution >= 0.6 is 11.6 Å². The average Bonchev–Trinajstić information content (AvgIpc) is 3.57. The molecule has 0 spiro atoms. The third kappa shape index (κ3) is 4.89. The van der Waals surface area contributed by atoms with Crippen LogP contribution in [0.2, 0.25) is 5.02 Å². The van der Waals surface area contributed by atoms with E-state index in [1.165, 1.54) is 25.4 Å². The normalized spacial score (nSPS) is 14.4. The maximum Gasteiger partial charge on any atom is 0.295 e. The molecular weight excluding hydrogens is 456 g/mol. The van der Waals surface area contributed by atoms with Gasteiger partial charge in [-0.2, -0.15) is 0 Å². The SMILES string of the molecule is COc1ccc([C@H](C(=O)NC2CCCC2)N(C(=O)c2ccco2)c2ccccc2Cl)cc1OC. The molecule has 0 radical (unpaired) electrons. The molecule has 2 aromatic carbocycles. The lowest BCUT2D eigenvalue weighted by Gasteiger charge is -2.32. The summed E-state index contributed by atoms with van der Waals surface area (Å²) >= 11 is 6.54. The average molecular weight is 483 g/mol. The Morgan fingerprint density at radius 2 is 1.76 bits per heavy atom. The van der Waals surface area contributed by atoms with E-state index < -0.39 is 11.9 Å². The fourth-order valence-corrected chi connectivity index (χ4v) is 4.55. The van der Waals surface area contributed by atoms with Crippen molar-refractivity contribution in [2.75, 3.05) is 19.1 Å². The van der Waals surface area contributed by atoms with Crippen LogP contribution < -0.4 is 19.7 Å². The number of rotatable bonds is 8. The summed E-state index contributed by atoms with van der Waals surface area (Å²) in [6, 6.07) is 14.3. The lowest BCUT2D eigenvalue weighted by atomic mass is 10.0. The lowest BCUT2D eigenvalue weighted by Crippen LogP contribution is -2.46. The second-order valence-corrected chi connectivity index (χ2v) is 8.52. The van der Waals surface area contributed by atoms with Gasteiger partial charge in [-0.15, -0.1) is 0 Å². The van der Waals surface area contributed by atoms with E-state index in [4.69, 9.17) is 25.5 Å². The first-order valence-electron chi connectivity index (χ1n) is 11.2. The van der Waals surface area contributed by atoms with Gasteiger partial charge in [0.1, 0.15) is 6.04 Å². The maximum absolute atomic E-state index is 13.8. The van der Waals surface area contributed by atoms with Crippen LogP contribution in [0.4, 0.5) is 5.69 Å². The van der Waals surface area contributed by atoms with Crippen LogP contribution in [0.25, 0.3) is 0 Å². The van der Waals surface area contributed by atoms with Gasteiger partial charge in [-0.1, -0.05) is 42.6 Å². The molecule has 2 amide bonds. The Hall–Kier alpha value is -3.45. The van der Waals surface area contributed by atoms with Gasteiger partial charge in [-0.25, -0.2) is 0 Å². The summed E-state index contributed by atoms with van der Waals surface area (Å²) < 4.78 is 16.3. The number of ether oxygens (including phenoxy) is 2. The van der Waals surface area contributed by atoms with Crippen LogP contribution in [0.3, 0.4) is 0 Å². The molecule has 0 saturated heterocycles. The Kier molecular flexibility index (Phi) is 7.43. The van der Waals surface area contributed by atoms with Crippen LogP contribution in [-0.2, 0) is 4.79 Å². The van der Waals surface area contributed by atoms with E-state index in [0.29, 0.717) is 27.8 Å². The smallest absolute Gasteiger partial charge is 0.295 e. The third-order valence-electron chi connectivity index (χ3n) is 5.99. The quantitative estimate of drug-likeness (QED) is 0.465. The second kappa shape index (κ2) is 10.7. The van der Waals surface area contributed by atoms with Crippen molar-refractivity contribution in [1.82, 2.24) is 5.32 Å². The van der Waals surface area contributed by atoms with Crippen LogP contribution in [0, 0.1) is 0 Å². The Labute approximate surface area is 203 Å². The first-order chi connectivity index (χ1) is 16.5. The highest BCUT2D eigenvalue weighted by Gasteiger charge is 2.37. The molecule has 1 aromatic heterocycles. The first-order valence-corrected chi connectivity index (χ1v) is 11.5. The monoisotopic (exact) mass is 482 g/mol. The minimum absolute atomic E-state index is 0.0574. The predicted octanol–water partition coefficient (Wildman–Crippen LogP) is 5.40. The third-order valence-corrected chi connectivity index (χ3v) is 6.31. The van der Waals surface area contributed by atoms with Gasteiger partial charge in [0.05, 0.1) is 31.2 Å². The van der Waals surface area contributed by atoms with Gasteiger partial charge in [0.15, 0.2) is 17.3 Å². The van der Waals surface area contributed by atoms with Gasteiger partial charge >= 0.3 is 0 Å². The molecule has 1 fully saturated rings. The molecule has 0 aliphatic heterocycles. The summed E-state index contributed by atoms with van der Waals surface area (Å²) in [7, 11) is 3.06. The number of para-hydroxylation sites is 1. The van der Waals surface area contributed by atoms with E-state index in [-0.39, 0.29) is 17.7 Å². The number of hydrogen-bond donors (Lipinski definition) is 1. The van der Waals surface area contributed by atoms with Gasteiger partial charge in [0, 0.05) is 6.04 Å². The number of methoxy groups -OCH3 is 2. The Morgan fingerprint density at radius 1 is 1.03 bits per heavy atom. The largest absolute Gasteiger partial charge is 0.493 e. The van der Waals surface area contributed by atoms with Crippen LogP contribution in [0.1, 0.15) is 47.8 Å². The predicted molar refractivity (Wildman–Crippen MR) is 130 cm³/mol. The van der Waals surface area contributed by atoms with E-state index in [1.807, 2.05) is 0 Å². The molecule has 1 saturated carbocycles. The molecule has 1 heterocycles. The molecule has 0 unspecified atom stereocenters. The molecule has 1 N–H and O–H groups in total. The zero-order valence-corrected chi connectivity index (χ0v) is 19.9. The lowest BCUT2D eigenvalue weighted by molar-refractivity contribution is -0.123. The second-order valence-electron chi connectivity index (χ2n) is 8.11. The van der Waals surface area contributed by atoms with Crippen molar-refractivity contribution < 1.29 is 23.5 Å². The number of nitrogens with zero attached hydrogens (tertiary/aromatic N) is 1. The molecular formula is C26H27ClN2O5. The molecule has 8 heteroatoms. The number of amides is 2. The summed E-state index contributed by atoms with van der Waals surface area (Å²) in [5, 5.41) is 3.47. The van der Waals surface area contributed by atoms with Crippen molar-refractivity contribution in [2.24, 2.45) is 0 Å². The first kappa shape index (κ1) is 23.7. The summed E-state index contributed by atoms with van der Waals surface area (Å²) in [6.45, 7) is 0. The number of anilines is 1. The van der Waals surface area contributed by atoms with Gasteiger partial charge in [-0.05, 0) is 54.8 Å². The Morgan fingerprint density at radius 3 is 2.41 bits per heavy atom. The Bertz CT molecular complexity index is 1140. The molecule has 4 rings (SSSR count). The molecule has 0 bridgehead atoms. The number of carbonyl (C=O) groups is 2. The number of benzene rings is 2. The topological polar surface area (TPSA) is 81.0 Å². The highest BCUT2D eigenvalue weighted by atomic mass is 35.5. The minimum atomic E-state index is -1.03. The van der Waals surface area contributed by atoms with Crippen molar-refractivity contribution in [3.8, 4) is 11.5 Å². The van der Waals surface area contributed by atoms with Gasteiger partial charge in [0.2, 0.25) is 5.91 Å². The summed E-state index contributed by atoms with van der Waals surface area (Å²) in [5.74, 6) is 0.267. The number of furan rings is 1. The molecule has 7 nitrogen and oxygen atoms in total. The van der Waals surface area contributed by atoms with E-state index in [0.717, 1.165) is 25.7 Å². The summed E-state index contributed by atoms with van der Waals surface area (Å²) in [6.07, 6.45) is 5.35. The van der Waals surface area contributed by atoms with Gasteiger partial charge in [0.25, 0.3) is 5.91 Å². The Balaban J connectivity index is 1.86. The summed E-state index contributed by atoms with van der Waals surface area (Å²) in [4.78, 5) is 28.9. The molecule has 3 aromatic rings. The zero-order valence-electron chi connectivity index (χ0n) is 19.1. The number of hydrogen-bond acceptors (Lipinski definition) is 5. The molecule has 1 aliphatic rings. The van der Waals surface area contributed by atoms with E-state index in [1.54, 1.807) is 54.6 Å². The van der Waals surface area contributed by atoms with Crippen molar-refractivity contribution in [3.63, 3.8) is 0 Å². The van der Waals surface area contributed by atoms with Gasteiger partial charge in [-0.3, -0.25) is 14.5 Å². The van der Waals surface area contributed by atoms with Crippen LogP contribution in [0.5, 0.6) is 11.5 Å². The van der Waals surface area contributed by atoms with E-state index in [2.05, 4.69) is 5.32 Å². The van der Waals surface area contributed by atoms with E-state index >= 15 is 0 Å². The minimum Gasteiger partial charge on any atom is -0.493 e. The van der Waals surface area contributed by atoms with Crippen molar-refractivity contribution in [3.05, 3.63) is 77.2 Å². The van der Waals surface area contributed by atoms with Crippen molar-refractivity contribution >= 4 is 29.1 Å². The fraction of sp³-hybridized carbons (Fsp3) is 0.308. The van der Waals surface area contributed by atoms with E-state index in [9.17, 15) is 9.59 Å². The highest BCUT2D eigenvalue weighted by molar-refractivity contribution is 6.34. The van der Waals surface area contributed by atoms with Gasteiger partial charge < -0.3 is 19.2 Å². The molecule has 178 valence electrons. The fourth-order valence-electron chi connectivity index (χ4n) is 4.32. The standard InChI is InChI=1S/C26H27ClN2O5/c1-32-21-14-13-17(16-23(21)33-2)24(25(30)28-18-8-3-4-9-18)29(20-11-6-5-10-19(20)27)26(31)22-12-7-15-34-22/h5-7,10-16,18,24H,3-4,8-9H2,1-2H3,(H,28,30)/t24-/m1/s1. The van der Waals surface area contributed by atoms with Crippen LogP contribution in [-0.4, -0.2) is 32.1 Å². The van der Waals surface area contributed by atoms with Crippen molar-refractivity contribution in [2.45, 2.75) is 37.8 Å². The number of carbonyl (C=O) groups excluding carboxylic acids is 2. The number of nitrogens with one attached hydrogen (secondary N) is 1. The summed E-state index contributed by atoms with van der Waals surface area (Å²) in [5.41, 5.74) is 0.944. The number of halogens is 1. The molecule has 1 aliphatic carbocycles. The highest BCUT2D eigenvalue weighted by Crippen LogP contribution is 2.38. The van der Waals surface area contributed by atoms with Crippen molar-refractivity contribution in [1.29, 1.82) is 0 Å².